The van der Waals surface area contributed by atoms with Gasteiger partial charge < -0.3 is 11.1 Å². The maximum Gasteiger partial charge on any atom is 0.314 e. The molecule has 0 aliphatic heterocycles. The second-order valence-corrected chi connectivity index (χ2v) is 4.27. The summed E-state index contributed by atoms with van der Waals surface area (Å²) in [5.41, 5.74) is 6.12. The molecular formula is C12H15N5O2. The smallest absolute Gasteiger partial charge is 0.314 e. The maximum absolute atomic E-state index is 11.0. The number of rotatable bonds is 5. The van der Waals surface area contributed by atoms with Crippen LogP contribution in [-0.4, -0.2) is 20.7 Å². The van der Waals surface area contributed by atoms with Crippen LogP contribution < -0.4 is 11.1 Å². The maximum atomic E-state index is 11.0. The average Bonchev–Trinajstić information content (AvgIpc) is 2.81. The first-order chi connectivity index (χ1) is 9.08. The van der Waals surface area contributed by atoms with Crippen molar-refractivity contribution in [2.24, 2.45) is 0 Å². The van der Waals surface area contributed by atoms with E-state index in [0.29, 0.717) is 12.2 Å². The second-order valence-electron chi connectivity index (χ2n) is 4.27. The van der Waals surface area contributed by atoms with E-state index >= 15 is 0 Å². The Labute approximate surface area is 110 Å². The van der Waals surface area contributed by atoms with E-state index in [2.05, 4.69) is 10.4 Å². The highest BCUT2D eigenvalue weighted by Gasteiger charge is 2.18. The lowest BCUT2D eigenvalue weighted by atomic mass is 10.2. The highest BCUT2D eigenvalue weighted by molar-refractivity contribution is 5.74. The Bertz CT molecular complexity index is 568. The van der Waals surface area contributed by atoms with E-state index in [4.69, 9.17) is 5.73 Å². The quantitative estimate of drug-likeness (QED) is 0.486. The molecule has 19 heavy (non-hydrogen) atoms. The molecule has 0 bridgehead atoms. The fourth-order valence-electron chi connectivity index (χ4n) is 1.88. The van der Waals surface area contributed by atoms with Crippen molar-refractivity contribution in [2.45, 2.75) is 19.5 Å². The standard InChI is InChI=1S/C12H15N5O2/c1-9(8-16-7-3-6-14-16)15-11-5-2-4-10(13)12(11)17(18)19/h2-7,9,15H,8,13H2,1H3. The minimum absolute atomic E-state index is 0.0135. The minimum atomic E-state index is -0.474. The van der Waals surface area contributed by atoms with Gasteiger partial charge in [0.25, 0.3) is 0 Å². The third-order valence-electron chi connectivity index (χ3n) is 2.67. The molecule has 1 atom stereocenters. The largest absolute Gasteiger partial charge is 0.393 e. The zero-order chi connectivity index (χ0) is 13.8. The van der Waals surface area contributed by atoms with Gasteiger partial charge in [-0.25, -0.2) is 0 Å². The number of nitrogen functional groups attached to an aromatic ring is 1. The van der Waals surface area contributed by atoms with Crippen LogP contribution in [0.25, 0.3) is 0 Å². The predicted molar refractivity (Wildman–Crippen MR) is 72.8 cm³/mol. The number of hydrogen-bond donors (Lipinski definition) is 2. The molecule has 1 aromatic heterocycles. The molecule has 1 aromatic carbocycles. The molecule has 0 saturated carbocycles. The number of aromatic nitrogens is 2. The summed E-state index contributed by atoms with van der Waals surface area (Å²) in [6, 6.07) is 6.66. The molecule has 100 valence electrons. The van der Waals surface area contributed by atoms with Gasteiger partial charge in [-0.1, -0.05) is 6.07 Å². The van der Waals surface area contributed by atoms with Crippen LogP contribution in [-0.2, 0) is 6.54 Å². The van der Waals surface area contributed by atoms with Crippen LogP contribution >= 0.6 is 0 Å². The van der Waals surface area contributed by atoms with Gasteiger partial charge in [0.2, 0.25) is 0 Å². The Kier molecular flexibility index (Phi) is 3.65. The van der Waals surface area contributed by atoms with Gasteiger partial charge >= 0.3 is 5.69 Å². The Morgan fingerprint density at radius 3 is 2.95 bits per heavy atom. The molecule has 0 aliphatic rings. The summed E-state index contributed by atoms with van der Waals surface area (Å²) in [4.78, 5) is 10.5. The topological polar surface area (TPSA) is 99.0 Å². The lowest BCUT2D eigenvalue weighted by molar-refractivity contribution is -0.383. The van der Waals surface area contributed by atoms with Crippen molar-refractivity contribution in [1.82, 2.24) is 9.78 Å². The molecule has 0 radical (unpaired) electrons. The summed E-state index contributed by atoms with van der Waals surface area (Å²) in [6.45, 7) is 2.54. The van der Waals surface area contributed by atoms with E-state index < -0.39 is 4.92 Å². The van der Waals surface area contributed by atoms with Crippen LogP contribution in [0, 0.1) is 10.1 Å². The van der Waals surface area contributed by atoms with Crippen LogP contribution in [0.2, 0.25) is 0 Å². The van der Waals surface area contributed by atoms with Gasteiger partial charge in [0.1, 0.15) is 11.4 Å². The fraction of sp³-hybridized carbons (Fsp3) is 0.250. The van der Waals surface area contributed by atoms with Crippen molar-refractivity contribution in [2.75, 3.05) is 11.1 Å². The SMILES string of the molecule is CC(Cn1cccn1)Nc1cccc(N)c1[N+](=O)[O-]. The van der Waals surface area contributed by atoms with Crippen molar-refractivity contribution >= 4 is 17.1 Å². The fourth-order valence-corrected chi connectivity index (χ4v) is 1.88. The number of para-hydroxylation sites is 1. The van der Waals surface area contributed by atoms with Crippen molar-refractivity contribution < 1.29 is 4.92 Å². The molecular weight excluding hydrogens is 246 g/mol. The molecule has 2 rings (SSSR count). The van der Waals surface area contributed by atoms with E-state index in [9.17, 15) is 10.1 Å². The van der Waals surface area contributed by atoms with Crippen LogP contribution in [0.15, 0.2) is 36.7 Å². The first-order valence-corrected chi connectivity index (χ1v) is 5.85. The van der Waals surface area contributed by atoms with Gasteiger partial charge in [0, 0.05) is 18.4 Å². The number of anilines is 2. The molecule has 1 unspecified atom stereocenters. The zero-order valence-corrected chi connectivity index (χ0v) is 10.5. The van der Waals surface area contributed by atoms with E-state index in [1.165, 1.54) is 6.07 Å². The number of benzene rings is 1. The Morgan fingerprint density at radius 2 is 2.32 bits per heavy atom. The molecule has 3 N–H and O–H groups in total. The van der Waals surface area contributed by atoms with Gasteiger partial charge in [-0.2, -0.15) is 5.10 Å². The van der Waals surface area contributed by atoms with Crippen molar-refractivity contribution in [1.29, 1.82) is 0 Å². The summed E-state index contributed by atoms with van der Waals surface area (Å²) in [7, 11) is 0. The Hall–Kier alpha value is -2.57. The van der Waals surface area contributed by atoms with Gasteiger partial charge in [-0.05, 0) is 25.1 Å². The van der Waals surface area contributed by atoms with Crippen LogP contribution in [0.4, 0.5) is 17.1 Å². The predicted octanol–water partition coefficient (Wildman–Crippen LogP) is 1.87. The molecule has 0 spiro atoms. The van der Waals surface area contributed by atoms with Crippen molar-refractivity contribution in [3.05, 3.63) is 46.8 Å². The monoisotopic (exact) mass is 261 g/mol. The molecule has 2 aromatic rings. The van der Waals surface area contributed by atoms with E-state index in [1.54, 1.807) is 23.0 Å². The summed E-state index contributed by atoms with van der Waals surface area (Å²) in [5, 5.41) is 18.2. The summed E-state index contributed by atoms with van der Waals surface area (Å²) in [6.07, 6.45) is 3.53. The number of nitrogens with two attached hydrogens (primary N) is 1. The number of hydrogen-bond acceptors (Lipinski definition) is 5. The van der Waals surface area contributed by atoms with Gasteiger partial charge in [0.05, 0.1) is 11.5 Å². The number of nitrogens with zero attached hydrogens (tertiary/aromatic N) is 3. The highest BCUT2D eigenvalue weighted by Crippen LogP contribution is 2.30. The first kappa shape index (κ1) is 12.9. The first-order valence-electron chi connectivity index (χ1n) is 5.85. The number of nitrogens with one attached hydrogen (secondary N) is 1. The molecule has 0 amide bonds. The van der Waals surface area contributed by atoms with Crippen LogP contribution in [0.1, 0.15) is 6.92 Å². The van der Waals surface area contributed by atoms with Crippen LogP contribution in [0.3, 0.4) is 0 Å². The van der Waals surface area contributed by atoms with E-state index in [1.807, 2.05) is 19.2 Å². The molecule has 7 nitrogen and oxygen atoms in total. The third-order valence-corrected chi connectivity index (χ3v) is 2.67. The highest BCUT2D eigenvalue weighted by atomic mass is 16.6. The van der Waals surface area contributed by atoms with Crippen LogP contribution in [0.5, 0.6) is 0 Å². The number of nitro benzene ring substituents is 1. The Balaban J connectivity index is 2.14. The lowest BCUT2D eigenvalue weighted by Gasteiger charge is -2.15. The van der Waals surface area contributed by atoms with Gasteiger partial charge in [-0.15, -0.1) is 0 Å². The second kappa shape index (κ2) is 5.38. The minimum Gasteiger partial charge on any atom is -0.393 e. The molecule has 0 saturated heterocycles. The summed E-state index contributed by atoms with van der Waals surface area (Å²) in [5.74, 6) is 0. The molecule has 1 heterocycles. The summed E-state index contributed by atoms with van der Waals surface area (Å²) < 4.78 is 1.76. The van der Waals surface area contributed by atoms with Gasteiger partial charge in [0.15, 0.2) is 0 Å². The van der Waals surface area contributed by atoms with E-state index in [-0.39, 0.29) is 17.4 Å². The summed E-state index contributed by atoms with van der Waals surface area (Å²) >= 11 is 0. The normalized spacial score (nSPS) is 12.1. The van der Waals surface area contributed by atoms with E-state index in [0.717, 1.165) is 0 Å². The van der Waals surface area contributed by atoms with Crippen molar-refractivity contribution in [3.8, 4) is 0 Å². The third kappa shape index (κ3) is 3.01. The zero-order valence-electron chi connectivity index (χ0n) is 10.5. The number of nitro groups is 1. The lowest BCUT2D eigenvalue weighted by Crippen LogP contribution is -2.22. The molecule has 0 fully saturated rings. The van der Waals surface area contributed by atoms with Gasteiger partial charge in [-0.3, -0.25) is 14.8 Å². The Morgan fingerprint density at radius 1 is 1.53 bits per heavy atom. The molecule has 0 aliphatic carbocycles. The molecule has 7 heteroatoms. The van der Waals surface area contributed by atoms with Crippen molar-refractivity contribution in [3.63, 3.8) is 0 Å². The average molecular weight is 261 g/mol.